The largest absolute Gasteiger partial charge is 0.388 e. The van der Waals surface area contributed by atoms with Crippen molar-refractivity contribution >= 4 is 16.6 Å². The van der Waals surface area contributed by atoms with Gasteiger partial charge in [-0.3, -0.25) is 0 Å². The summed E-state index contributed by atoms with van der Waals surface area (Å²) < 4.78 is 0. The molecule has 2 aromatic rings. The molecule has 1 aromatic carbocycles. The Kier molecular flexibility index (Phi) is 2.30. The van der Waals surface area contributed by atoms with Gasteiger partial charge in [-0.2, -0.15) is 0 Å². The van der Waals surface area contributed by atoms with Gasteiger partial charge in [0.15, 0.2) is 0 Å². The molecule has 0 aliphatic carbocycles. The summed E-state index contributed by atoms with van der Waals surface area (Å²) in [6.07, 6.45) is 2.64. The monoisotopic (exact) mass is 228 g/mol. The Bertz CT molecular complexity index is 545. The Labute approximate surface area is 101 Å². The van der Waals surface area contributed by atoms with Crippen LogP contribution >= 0.6 is 0 Å². The second-order valence-corrected chi connectivity index (χ2v) is 5.02. The van der Waals surface area contributed by atoms with E-state index in [-0.39, 0.29) is 0 Å². The highest BCUT2D eigenvalue weighted by Crippen LogP contribution is 2.30. The van der Waals surface area contributed by atoms with E-state index < -0.39 is 5.60 Å². The van der Waals surface area contributed by atoms with Gasteiger partial charge in [0.1, 0.15) is 5.82 Å². The van der Waals surface area contributed by atoms with Crippen molar-refractivity contribution in [3.8, 4) is 0 Å². The van der Waals surface area contributed by atoms with Crippen molar-refractivity contribution in [1.29, 1.82) is 0 Å². The Balaban J connectivity index is 2.06. The molecular weight excluding hydrogens is 212 g/mol. The van der Waals surface area contributed by atoms with Crippen LogP contribution < -0.4 is 4.90 Å². The van der Waals surface area contributed by atoms with Gasteiger partial charge in [0.05, 0.1) is 5.60 Å². The molecule has 1 N–H and O–H groups in total. The number of benzene rings is 1. The second kappa shape index (κ2) is 3.70. The lowest BCUT2D eigenvalue weighted by Gasteiger charge is -2.21. The van der Waals surface area contributed by atoms with Crippen LogP contribution in [0, 0.1) is 0 Å². The SMILES string of the molecule is CC1(O)CCN(c2nccc3ccccc23)C1. The lowest BCUT2D eigenvalue weighted by atomic mass is 10.1. The van der Waals surface area contributed by atoms with E-state index in [1.165, 1.54) is 5.39 Å². The first kappa shape index (κ1) is 10.5. The van der Waals surface area contributed by atoms with Crippen LogP contribution in [0.25, 0.3) is 10.8 Å². The highest BCUT2D eigenvalue weighted by molar-refractivity contribution is 5.92. The average molecular weight is 228 g/mol. The predicted molar refractivity (Wildman–Crippen MR) is 69.2 cm³/mol. The third-order valence-corrected chi connectivity index (χ3v) is 3.40. The Morgan fingerprint density at radius 1 is 1.29 bits per heavy atom. The van der Waals surface area contributed by atoms with Crippen LogP contribution in [0.15, 0.2) is 36.5 Å². The molecule has 0 radical (unpaired) electrons. The second-order valence-electron chi connectivity index (χ2n) is 5.02. The first-order valence-electron chi connectivity index (χ1n) is 5.97. The Morgan fingerprint density at radius 2 is 2.12 bits per heavy atom. The van der Waals surface area contributed by atoms with Crippen molar-refractivity contribution in [2.75, 3.05) is 18.0 Å². The van der Waals surface area contributed by atoms with Gasteiger partial charge >= 0.3 is 0 Å². The van der Waals surface area contributed by atoms with Crippen LogP contribution in [0.5, 0.6) is 0 Å². The van der Waals surface area contributed by atoms with Crippen molar-refractivity contribution in [3.63, 3.8) is 0 Å². The molecule has 3 rings (SSSR count). The zero-order valence-electron chi connectivity index (χ0n) is 9.93. The summed E-state index contributed by atoms with van der Waals surface area (Å²) in [6.45, 7) is 3.42. The van der Waals surface area contributed by atoms with Crippen LogP contribution in [0.1, 0.15) is 13.3 Å². The minimum Gasteiger partial charge on any atom is -0.388 e. The van der Waals surface area contributed by atoms with Crippen molar-refractivity contribution in [3.05, 3.63) is 36.5 Å². The van der Waals surface area contributed by atoms with Gasteiger partial charge in [0, 0.05) is 24.7 Å². The number of nitrogens with zero attached hydrogens (tertiary/aromatic N) is 2. The molecule has 0 spiro atoms. The average Bonchev–Trinajstić information content (AvgIpc) is 2.69. The number of rotatable bonds is 1. The molecule has 17 heavy (non-hydrogen) atoms. The molecule has 1 atom stereocenters. The van der Waals surface area contributed by atoms with Gasteiger partial charge in [-0.15, -0.1) is 0 Å². The number of hydrogen-bond donors (Lipinski definition) is 1. The van der Waals surface area contributed by atoms with Crippen molar-refractivity contribution < 1.29 is 5.11 Å². The number of anilines is 1. The van der Waals surface area contributed by atoms with Crippen LogP contribution in [0.3, 0.4) is 0 Å². The molecule has 0 saturated carbocycles. The highest BCUT2D eigenvalue weighted by atomic mass is 16.3. The summed E-state index contributed by atoms with van der Waals surface area (Å²) in [7, 11) is 0. The summed E-state index contributed by atoms with van der Waals surface area (Å²) in [5, 5.41) is 12.4. The normalized spacial score (nSPS) is 24.5. The number of pyridine rings is 1. The quantitative estimate of drug-likeness (QED) is 0.813. The van der Waals surface area contributed by atoms with Gasteiger partial charge in [-0.25, -0.2) is 4.98 Å². The van der Waals surface area contributed by atoms with Gasteiger partial charge in [0.2, 0.25) is 0 Å². The summed E-state index contributed by atoms with van der Waals surface area (Å²) in [5.74, 6) is 0.987. The predicted octanol–water partition coefficient (Wildman–Crippen LogP) is 2.20. The first-order chi connectivity index (χ1) is 8.16. The van der Waals surface area contributed by atoms with Gasteiger partial charge < -0.3 is 10.0 Å². The fourth-order valence-corrected chi connectivity index (χ4v) is 2.48. The fourth-order valence-electron chi connectivity index (χ4n) is 2.48. The van der Waals surface area contributed by atoms with Gasteiger partial charge in [0.25, 0.3) is 0 Å². The molecule has 3 nitrogen and oxygen atoms in total. The minimum atomic E-state index is -0.585. The fraction of sp³-hybridized carbons (Fsp3) is 0.357. The maximum Gasteiger partial charge on any atom is 0.136 e. The molecule has 1 unspecified atom stereocenters. The van der Waals surface area contributed by atoms with Crippen LogP contribution in [-0.2, 0) is 0 Å². The van der Waals surface area contributed by atoms with Crippen LogP contribution in [0.4, 0.5) is 5.82 Å². The van der Waals surface area contributed by atoms with Crippen molar-refractivity contribution in [2.45, 2.75) is 18.9 Å². The first-order valence-corrected chi connectivity index (χ1v) is 5.97. The molecule has 1 aliphatic heterocycles. The van der Waals surface area contributed by atoms with E-state index in [4.69, 9.17) is 0 Å². The maximum atomic E-state index is 10.0. The molecule has 2 heterocycles. The smallest absolute Gasteiger partial charge is 0.136 e. The van der Waals surface area contributed by atoms with Crippen molar-refractivity contribution in [1.82, 2.24) is 4.98 Å². The van der Waals surface area contributed by atoms with Crippen LogP contribution in [-0.4, -0.2) is 28.8 Å². The Morgan fingerprint density at radius 3 is 2.88 bits per heavy atom. The molecule has 1 aromatic heterocycles. The zero-order valence-corrected chi connectivity index (χ0v) is 9.93. The maximum absolute atomic E-state index is 10.0. The third kappa shape index (κ3) is 1.87. The molecule has 88 valence electrons. The standard InChI is InChI=1S/C14H16N2O/c1-14(17)7-9-16(10-14)13-12-5-3-2-4-11(12)6-8-15-13/h2-6,8,17H,7,9-10H2,1H3. The van der Waals surface area contributed by atoms with Gasteiger partial charge in [-0.05, 0) is 24.8 Å². The third-order valence-electron chi connectivity index (χ3n) is 3.40. The molecule has 0 bridgehead atoms. The molecule has 3 heteroatoms. The zero-order chi connectivity index (χ0) is 11.9. The molecular formula is C14H16N2O. The Hall–Kier alpha value is -1.61. The summed E-state index contributed by atoms with van der Waals surface area (Å²) >= 11 is 0. The summed E-state index contributed by atoms with van der Waals surface area (Å²) in [4.78, 5) is 6.64. The lowest BCUT2D eigenvalue weighted by Crippen LogP contribution is -2.30. The van der Waals surface area contributed by atoms with E-state index in [0.717, 1.165) is 24.2 Å². The number of fused-ring (bicyclic) bond motifs is 1. The summed E-state index contributed by atoms with van der Waals surface area (Å²) in [5.41, 5.74) is -0.585. The number of β-amino-alcohol motifs (C(OH)–C–C–N with tert-alkyl or cyclic N) is 1. The van der Waals surface area contributed by atoms with Crippen LogP contribution in [0.2, 0.25) is 0 Å². The molecule has 1 saturated heterocycles. The molecule has 0 amide bonds. The number of aromatic nitrogens is 1. The summed E-state index contributed by atoms with van der Waals surface area (Å²) in [6, 6.07) is 10.3. The van der Waals surface area contributed by atoms with E-state index in [2.05, 4.69) is 22.0 Å². The minimum absolute atomic E-state index is 0.585. The molecule has 1 fully saturated rings. The van der Waals surface area contributed by atoms with E-state index in [1.807, 2.05) is 31.3 Å². The van der Waals surface area contributed by atoms with E-state index >= 15 is 0 Å². The van der Waals surface area contributed by atoms with E-state index in [1.54, 1.807) is 0 Å². The highest BCUT2D eigenvalue weighted by Gasteiger charge is 2.32. The lowest BCUT2D eigenvalue weighted by molar-refractivity contribution is 0.0839. The number of hydrogen-bond acceptors (Lipinski definition) is 3. The number of aliphatic hydroxyl groups is 1. The van der Waals surface area contributed by atoms with Gasteiger partial charge in [-0.1, -0.05) is 24.3 Å². The van der Waals surface area contributed by atoms with Crippen molar-refractivity contribution in [2.24, 2.45) is 0 Å². The topological polar surface area (TPSA) is 36.4 Å². The van der Waals surface area contributed by atoms with E-state index in [9.17, 15) is 5.11 Å². The molecule has 1 aliphatic rings. The van der Waals surface area contributed by atoms with E-state index in [0.29, 0.717) is 6.54 Å².